The van der Waals surface area contributed by atoms with E-state index in [-0.39, 0.29) is 0 Å². The minimum absolute atomic E-state index is 0.313. The molecule has 1 amide bonds. The topological polar surface area (TPSA) is 80.5 Å². The van der Waals surface area contributed by atoms with Gasteiger partial charge in [0.1, 0.15) is 18.1 Å². The van der Waals surface area contributed by atoms with Crippen molar-refractivity contribution in [3.8, 4) is 0 Å². The molecule has 2 heterocycles. The van der Waals surface area contributed by atoms with Crippen LogP contribution in [-0.4, -0.2) is 34.8 Å². The Morgan fingerprint density at radius 3 is 3.09 bits per heavy atom. The number of amides is 1. The first-order valence-electron chi connectivity index (χ1n) is 10.8. The molecule has 0 saturated heterocycles. The number of rotatable bonds is 8. The highest BCUT2D eigenvalue weighted by molar-refractivity contribution is 6.06. The van der Waals surface area contributed by atoms with Crippen LogP contribution in [0.25, 0.3) is 16.6 Å². The third-order valence-electron chi connectivity index (χ3n) is 5.41. The van der Waals surface area contributed by atoms with Crippen LogP contribution in [0, 0.1) is 0 Å². The SMILES string of the molecule is C/C=C\C(=C/NC=O)C1=CCNN=C1COC1=CC=C(c2cccc3c2ncn3C)C=CC1. The van der Waals surface area contributed by atoms with Crippen molar-refractivity contribution in [1.29, 1.82) is 0 Å². The lowest BCUT2D eigenvalue weighted by molar-refractivity contribution is -0.108. The molecule has 33 heavy (non-hydrogen) atoms. The normalized spacial score (nSPS) is 16.5. The highest BCUT2D eigenvalue weighted by atomic mass is 16.5. The zero-order valence-corrected chi connectivity index (χ0v) is 18.8. The van der Waals surface area contributed by atoms with E-state index in [2.05, 4.69) is 57.3 Å². The Bertz CT molecular complexity index is 1250. The third-order valence-corrected chi connectivity index (χ3v) is 5.41. The number of fused-ring (bicyclic) bond motifs is 1. The zero-order chi connectivity index (χ0) is 23.0. The van der Waals surface area contributed by atoms with Gasteiger partial charge in [-0.05, 0) is 30.2 Å². The van der Waals surface area contributed by atoms with Gasteiger partial charge in [-0.15, -0.1) is 0 Å². The zero-order valence-electron chi connectivity index (χ0n) is 18.8. The highest BCUT2D eigenvalue weighted by Gasteiger charge is 2.16. The molecule has 0 fully saturated rings. The van der Waals surface area contributed by atoms with Gasteiger partial charge in [0.15, 0.2) is 0 Å². The molecule has 1 aromatic carbocycles. The smallest absolute Gasteiger partial charge is 0.211 e. The van der Waals surface area contributed by atoms with Gasteiger partial charge in [0.2, 0.25) is 6.41 Å². The van der Waals surface area contributed by atoms with Crippen LogP contribution in [0.15, 0.2) is 95.3 Å². The number of hydrazone groups is 1. The molecule has 168 valence electrons. The number of ether oxygens (including phenoxy) is 1. The predicted octanol–water partition coefficient (Wildman–Crippen LogP) is 3.91. The van der Waals surface area contributed by atoms with Crippen LogP contribution >= 0.6 is 0 Å². The minimum Gasteiger partial charge on any atom is -0.491 e. The van der Waals surface area contributed by atoms with E-state index in [0.717, 1.165) is 44.8 Å². The lowest BCUT2D eigenvalue weighted by Gasteiger charge is -2.18. The molecule has 1 aliphatic carbocycles. The molecule has 2 N–H and O–H groups in total. The molecule has 2 aliphatic rings. The van der Waals surface area contributed by atoms with E-state index < -0.39 is 0 Å². The lowest BCUT2D eigenvalue weighted by atomic mass is 10.0. The maximum absolute atomic E-state index is 10.8. The van der Waals surface area contributed by atoms with Crippen molar-refractivity contribution in [3.63, 3.8) is 0 Å². The number of hydrogen-bond acceptors (Lipinski definition) is 5. The van der Waals surface area contributed by atoms with E-state index in [9.17, 15) is 4.79 Å². The molecule has 0 unspecified atom stereocenters. The van der Waals surface area contributed by atoms with Crippen molar-refractivity contribution >= 4 is 28.7 Å². The average Bonchev–Trinajstić information content (AvgIpc) is 3.07. The molecular formula is C26H27N5O2. The average molecular weight is 442 g/mol. The van der Waals surface area contributed by atoms with Crippen molar-refractivity contribution < 1.29 is 9.53 Å². The quantitative estimate of drug-likeness (QED) is 0.481. The van der Waals surface area contributed by atoms with Crippen LogP contribution in [0.4, 0.5) is 0 Å². The molecule has 0 saturated carbocycles. The summed E-state index contributed by atoms with van der Waals surface area (Å²) in [5.74, 6) is 0.852. The van der Waals surface area contributed by atoms with Crippen LogP contribution in [0.2, 0.25) is 0 Å². The van der Waals surface area contributed by atoms with Crippen molar-refractivity contribution in [2.24, 2.45) is 12.1 Å². The fourth-order valence-electron chi connectivity index (χ4n) is 3.83. The molecule has 7 nitrogen and oxygen atoms in total. The van der Waals surface area contributed by atoms with Gasteiger partial charge in [-0.3, -0.25) is 4.79 Å². The van der Waals surface area contributed by atoms with Gasteiger partial charge in [-0.2, -0.15) is 5.10 Å². The monoisotopic (exact) mass is 441 g/mol. The van der Waals surface area contributed by atoms with Crippen LogP contribution in [0.1, 0.15) is 18.9 Å². The van der Waals surface area contributed by atoms with E-state index in [0.29, 0.717) is 26.0 Å². The van der Waals surface area contributed by atoms with Crippen LogP contribution in [-0.2, 0) is 16.6 Å². The highest BCUT2D eigenvalue weighted by Crippen LogP contribution is 2.27. The van der Waals surface area contributed by atoms with Gasteiger partial charge in [0.05, 0.1) is 23.9 Å². The first-order chi connectivity index (χ1) is 16.2. The standard InChI is InChI=1S/C26H27N5O2/c1-3-6-20(15-27-18-32)22-13-14-29-30-24(22)16-33-21-8-4-7-19(11-12-21)23-9-5-10-25-26(23)28-17-31(25)2/h3-7,9-13,15,17-18,29H,8,14,16H2,1-2H3,(H,27,32)/b6-3-,20-15+. The van der Waals surface area contributed by atoms with E-state index in [4.69, 9.17) is 4.74 Å². The Morgan fingerprint density at radius 2 is 2.24 bits per heavy atom. The summed E-state index contributed by atoms with van der Waals surface area (Å²) in [6.07, 6.45) is 19.0. The van der Waals surface area contributed by atoms with Gasteiger partial charge in [0.25, 0.3) is 0 Å². The summed E-state index contributed by atoms with van der Waals surface area (Å²) in [5, 5.41) is 7.05. The van der Waals surface area contributed by atoms with Crippen molar-refractivity contribution in [2.45, 2.75) is 13.3 Å². The van der Waals surface area contributed by atoms with Gasteiger partial charge in [0, 0.05) is 30.8 Å². The summed E-state index contributed by atoms with van der Waals surface area (Å²) in [4.78, 5) is 15.3. The number of benzene rings is 1. The summed E-state index contributed by atoms with van der Waals surface area (Å²) in [7, 11) is 2.00. The largest absolute Gasteiger partial charge is 0.491 e. The fraction of sp³-hybridized carbons (Fsp3) is 0.192. The predicted molar refractivity (Wildman–Crippen MR) is 132 cm³/mol. The van der Waals surface area contributed by atoms with Crippen molar-refractivity contribution in [2.75, 3.05) is 13.2 Å². The van der Waals surface area contributed by atoms with Gasteiger partial charge in [-0.25, -0.2) is 4.98 Å². The lowest BCUT2D eigenvalue weighted by Crippen LogP contribution is -2.24. The first kappa shape index (κ1) is 22.1. The molecule has 2 aromatic rings. The third kappa shape index (κ3) is 5.03. The summed E-state index contributed by atoms with van der Waals surface area (Å²) in [5.41, 5.74) is 9.85. The molecule has 0 spiro atoms. The maximum atomic E-state index is 10.8. The fourth-order valence-corrected chi connectivity index (χ4v) is 3.83. The van der Waals surface area contributed by atoms with E-state index in [1.807, 2.05) is 49.2 Å². The van der Waals surface area contributed by atoms with Crippen LogP contribution < -0.4 is 10.7 Å². The molecule has 7 heteroatoms. The number of hydrogen-bond donors (Lipinski definition) is 2. The molecular weight excluding hydrogens is 414 g/mol. The van der Waals surface area contributed by atoms with E-state index >= 15 is 0 Å². The number of nitrogens with one attached hydrogen (secondary N) is 2. The Balaban J connectivity index is 1.51. The Labute approximate surface area is 193 Å². The Morgan fingerprint density at radius 1 is 1.33 bits per heavy atom. The van der Waals surface area contributed by atoms with Crippen molar-refractivity contribution in [1.82, 2.24) is 20.3 Å². The summed E-state index contributed by atoms with van der Waals surface area (Å²) in [6, 6.07) is 6.22. The number of aromatic nitrogens is 2. The maximum Gasteiger partial charge on any atom is 0.211 e. The first-order valence-corrected chi connectivity index (χ1v) is 10.8. The number of aryl methyl sites for hydroxylation is 1. The van der Waals surface area contributed by atoms with Crippen molar-refractivity contribution in [3.05, 3.63) is 95.7 Å². The molecule has 0 radical (unpaired) electrons. The number of imidazole rings is 1. The molecule has 1 aliphatic heterocycles. The second-order valence-electron chi connectivity index (χ2n) is 7.60. The number of allylic oxidation sites excluding steroid dienone is 8. The number of nitrogens with zero attached hydrogens (tertiary/aromatic N) is 3. The van der Waals surface area contributed by atoms with E-state index in [1.165, 1.54) is 0 Å². The second-order valence-corrected chi connectivity index (χ2v) is 7.60. The van der Waals surface area contributed by atoms with E-state index in [1.54, 1.807) is 6.20 Å². The van der Waals surface area contributed by atoms with Crippen LogP contribution in [0.5, 0.6) is 0 Å². The number of carbonyl (C=O) groups is 1. The molecule has 0 bridgehead atoms. The van der Waals surface area contributed by atoms with Gasteiger partial charge >= 0.3 is 0 Å². The van der Waals surface area contributed by atoms with Gasteiger partial charge < -0.3 is 20.0 Å². The van der Waals surface area contributed by atoms with Crippen LogP contribution in [0.3, 0.4) is 0 Å². The Hall–Kier alpha value is -4.13. The molecule has 4 rings (SSSR count). The van der Waals surface area contributed by atoms with Gasteiger partial charge in [-0.1, -0.05) is 48.6 Å². The second kappa shape index (κ2) is 10.5. The molecule has 1 aromatic heterocycles. The minimum atomic E-state index is 0.313. The summed E-state index contributed by atoms with van der Waals surface area (Å²) < 4.78 is 8.16. The molecule has 0 atom stereocenters. The Kier molecular flexibility index (Phi) is 6.99. The number of carbonyl (C=O) groups excluding carboxylic acids is 1. The summed E-state index contributed by atoms with van der Waals surface area (Å²) >= 11 is 0. The number of para-hydroxylation sites is 1. The summed E-state index contributed by atoms with van der Waals surface area (Å²) in [6.45, 7) is 2.86.